The van der Waals surface area contributed by atoms with Crippen molar-refractivity contribution >= 4 is 11.7 Å². The number of aromatic amines is 1. The van der Waals surface area contributed by atoms with Crippen molar-refractivity contribution in [2.75, 3.05) is 5.32 Å². The molecule has 0 bridgehead atoms. The van der Waals surface area contributed by atoms with Gasteiger partial charge < -0.3 is 5.32 Å². The number of carbonyl (C=O) groups excluding carboxylic acids is 1. The van der Waals surface area contributed by atoms with Crippen LogP contribution in [-0.2, 0) is 4.79 Å². The summed E-state index contributed by atoms with van der Waals surface area (Å²) in [6.45, 7) is 0. The molecule has 0 unspecified atom stereocenters. The number of aromatic nitrogens is 3. The Hall–Kier alpha value is -1.53. The van der Waals surface area contributed by atoms with Crippen molar-refractivity contribution in [3.05, 3.63) is 6.20 Å². The molecule has 2 aliphatic carbocycles. The molecule has 2 aliphatic rings. The summed E-state index contributed by atoms with van der Waals surface area (Å²) >= 11 is 0. The van der Waals surface area contributed by atoms with Crippen molar-refractivity contribution in [1.82, 2.24) is 15.4 Å². The molecule has 2 saturated carbocycles. The van der Waals surface area contributed by atoms with Crippen molar-refractivity contribution in [3.63, 3.8) is 0 Å². The van der Waals surface area contributed by atoms with Crippen LogP contribution in [0.25, 0.3) is 0 Å². The molecule has 3 atom stereocenters. The summed E-state index contributed by atoms with van der Waals surface area (Å²) in [5.74, 6) is -3.85. The van der Waals surface area contributed by atoms with Gasteiger partial charge in [0.1, 0.15) is 0 Å². The van der Waals surface area contributed by atoms with Crippen molar-refractivity contribution < 1.29 is 13.6 Å². The summed E-state index contributed by atoms with van der Waals surface area (Å²) in [5.41, 5.74) is 0. The summed E-state index contributed by atoms with van der Waals surface area (Å²) in [6.07, 6.45) is 2.63. The highest BCUT2D eigenvalue weighted by atomic mass is 19.3. The predicted octanol–water partition coefficient (Wildman–Crippen LogP) is 1.42. The second kappa shape index (κ2) is 3.48. The van der Waals surface area contributed by atoms with Crippen LogP contribution < -0.4 is 5.32 Å². The highest BCUT2D eigenvalue weighted by molar-refractivity contribution is 5.91. The monoisotopic (exact) mass is 242 g/mol. The van der Waals surface area contributed by atoms with E-state index in [0.29, 0.717) is 18.7 Å². The Morgan fingerprint density at radius 1 is 1.47 bits per heavy atom. The number of nitrogens with zero attached hydrogens (tertiary/aromatic N) is 2. The molecule has 2 N–H and O–H groups in total. The van der Waals surface area contributed by atoms with Gasteiger partial charge in [-0.3, -0.25) is 4.79 Å². The number of halogens is 2. The predicted molar refractivity (Wildman–Crippen MR) is 54.3 cm³/mol. The number of alkyl halides is 2. The van der Waals surface area contributed by atoms with Crippen LogP contribution in [0.3, 0.4) is 0 Å². The molecular weight excluding hydrogens is 230 g/mol. The molecule has 0 radical (unpaired) electrons. The van der Waals surface area contributed by atoms with E-state index in [2.05, 4.69) is 20.7 Å². The summed E-state index contributed by atoms with van der Waals surface area (Å²) in [7, 11) is 0. The number of carbonyl (C=O) groups is 1. The first-order valence-electron chi connectivity index (χ1n) is 5.63. The maximum Gasteiger partial charge on any atom is 0.254 e. The van der Waals surface area contributed by atoms with E-state index in [1.54, 1.807) is 0 Å². The van der Waals surface area contributed by atoms with Gasteiger partial charge in [-0.2, -0.15) is 10.3 Å². The third-order valence-corrected chi connectivity index (χ3v) is 3.77. The molecule has 0 aromatic carbocycles. The second-order valence-corrected chi connectivity index (χ2v) is 4.74. The van der Waals surface area contributed by atoms with E-state index in [9.17, 15) is 13.6 Å². The average Bonchev–Trinajstić information content (AvgIpc) is 2.70. The van der Waals surface area contributed by atoms with Gasteiger partial charge in [0, 0.05) is 17.8 Å². The second-order valence-electron chi connectivity index (χ2n) is 4.74. The van der Waals surface area contributed by atoms with E-state index in [0.717, 1.165) is 0 Å². The first kappa shape index (κ1) is 10.6. The zero-order valence-corrected chi connectivity index (χ0v) is 8.99. The van der Waals surface area contributed by atoms with Crippen molar-refractivity contribution in [2.24, 2.45) is 17.8 Å². The number of fused-ring (bicyclic) bond motifs is 1. The van der Waals surface area contributed by atoms with Crippen LogP contribution in [0.2, 0.25) is 0 Å². The van der Waals surface area contributed by atoms with E-state index in [1.165, 1.54) is 6.20 Å². The standard InChI is InChI=1S/C10H12F2N4O/c11-10(12)6-2-1-5(3-7(6)10)9(17)14-8-4-13-16-15-8/h4-7H,1-3H2,(H2,13,14,15,16,17)/t5-,6+,7-/m0/s1. The molecule has 17 heavy (non-hydrogen) atoms. The van der Waals surface area contributed by atoms with E-state index in [1.807, 2.05) is 0 Å². The van der Waals surface area contributed by atoms with Crippen molar-refractivity contribution in [3.8, 4) is 0 Å². The first-order valence-corrected chi connectivity index (χ1v) is 5.63. The van der Waals surface area contributed by atoms with Crippen LogP contribution >= 0.6 is 0 Å². The fourth-order valence-electron chi connectivity index (χ4n) is 2.71. The van der Waals surface area contributed by atoms with Gasteiger partial charge in [-0.25, -0.2) is 8.78 Å². The van der Waals surface area contributed by atoms with Crippen LogP contribution in [0, 0.1) is 17.8 Å². The molecule has 1 heterocycles. The van der Waals surface area contributed by atoms with Gasteiger partial charge in [0.2, 0.25) is 5.91 Å². The molecule has 3 rings (SSSR count). The maximum atomic E-state index is 13.2. The highest BCUT2D eigenvalue weighted by Gasteiger charge is 2.69. The smallest absolute Gasteiger partial charge is 0.254 e. The summed E-state index contributed by atoms with van der Waals surface area (Å²) < 4.78 is 26.3. The third-order valence-electron chi connectivity index (χ3n) is 3.77. The molecule has 0 saturated heterocycles. The fourth-order valence-corrected chi connectivity index (χ4v) is 2.71. The van der Waals surface area contributed by atoms with Crippen LogP contribution in [0.4, 0.5) is 14.6 Å². The molecule has 1 amide bonds. The molecule has 92 valence electrons. The number of H-pyrrole nitrogens is 1. The minimum absolute atomic E-state index is 0.236. The Morgan fingerprint density at radius 2 is 2.29 bits per heavy atom. The van der Waals surface area contributed by atoms with Gasteiger partial charge >= 0.3 is 0 Å². The van der Waals surface area contributed by atoms with Gasteiger partial charge in [-0.05, 0) is 19.3 Å². The molecule has 7 heteroatoms. The van der Waals surface area contributed by atoms with Gasteiger partial charge in [0.15, 0.2) is 5.82 Å². The number of amides is 1. The van der Waals surface area contributed by atoms with E-state index in [4.69, 9.17) is 0 Å². The van der Waals surface area contributed by atoms with Crippen LogP contribution in [0.15, 0.2) is 6.20 Å². The van der Waals surface area contributed by atoms with E-state index < -0.39 is 17.8 Å². The lowest BCUT2D eigenvalue weighted by Gasteiger charge is -2.18. The molecule has 1 aromatic rings. The number of hydrogen-bond donors (Lipinski definition) is 2. The topological polar surface area (TPSA) is 70.7 Å². The van der Waals surface area contributed by atoms with Crippen molar-refractivity contribution in [1.29, 1.82) is 0 Å². The zero-order valence-electron chi connectivity index (χ0n) is 8.99. The van der Waals surface area contributed by atoms with Gasteiger partial charge in [-0.1, -0.05) is 0 Å². The molecular formula is C10H12F2N4O. The Morgan fingerprint density at radius 3 is 2.94 bits per heavy atom. The number of hydrogen-bond acceptors (Lipinski definition) is 3. The Labute approximate surface area is 96.0 Å². The molecule has 0 aliphatic heterocycles. The average molecular weight is 242 g/mol. The van der Waals surface area contributed by atoms with Crippen LogP contribution in [-0.4, -0.2) is 27.2 Å². The minimum atomic E-state index is -2.54. The van der Waals surface area contributed by atoms with Gasteiger partial charge in [0.25, 0.3) is 5.92 Å². The Balaban J connectivity index is 1.61. The Kier molecular flexibility index (Phi) is 2.17. The minimum Gasteiger partial charge on any atom is -0.308 e. The lowest BCUT2D eigenvalue weighted by molar-refractivity contribution is -0.120. The van der Waals surface area contributed by atoms with E-state index >= 15 is 0 Å². The summed E-state index contributed by atoms with van der Waals surface area (Å²) in [6, 6.07) is 0. The third kappa shape index (κ3) is 1.69. The lowest BCUT2D eigenvalue weighted by atomic mass is 9.89. The number of nitrogens with one attached hydrogen (secondary N) is 2. The van der Waals surface area contributed by atoms with Crippen LogP contribution in [0.5, 0.6) is 0 Å². The van der Waals surface area contributed by atoms with Gasteiger partial charge in [0.05, 0.1) is 6.20 Å². The number of rotatable bonds is 2. The maximum absolute atomic E-state index is 13.2. The number of anilines is 1. The highest BCUT2D eigenvalue weighted by Crippen LogP contribution is 2.63. The normalized spacial score (nSPS) is 33.9. The fraction of sp³-hybridized carbons (Fsp3) is 0.700. The molecule has 2 fully saturated rings. The van der Waals surface area contributed by atoms with Gasteiger partial charge in [-0.15, -0.1) is 5.10 Å². The molecule has 1 aromatic heterocycles. The molecule has 5 nitrogen and oxygen atoms in total. The van der Waals surface area contributed by atoms with Crippen molar-refractivity contribution in [2.45, 2.75) is 25.2 Å². The largest absolute Gasteiger partial charge is 0.308 e. The lowest BCUT2D eigenvalue weighted by Crippen LogP contribution is -2.25. The summed E-state index contributed by atoms with van der Waals surface area (Å²) in [5, 5.41) is 12.2. The van der Waals surface area contributed by atoms with Crippen LogP contribution in [0.1, 0.15) is 19.3 Å². The Bertz CT molecular complexity index is 434. The summed E-state index contributed by atoms with van der Waals surface area (Å²) in [4.78, 5) is 11.8. The zero-order chi connectivity index (χ0) is 12.0. The van der Waals surface area contributed by atoms with E-state index in [-0.39, 0.29) is 18.2 Å². The molecule has 0 spiro atoms. The quantitative estimate of drug-likeness (QED) is 0.824. The first-order chi connectivity index (χ1) is 8.09. The SMILES string of the molecule is O=C(Nc1cn[nH]n1)[C@H]1CC[C@@H]2[C@H](C1)C2(F)F.